The highest BCUT2D eigenvalue weighted by atomic mass is 16.4. The van der Waals surface area contributed by atoms with Crippen molar-refractivity contribution in [3.05, 3.63) is 39.1 Å². The molecule has 0 aliphatic carbocycles. The van der Waals surface area contributed by atoms with Crippen LogP contribution in [0.2, 0.25) is 0 Å². The summed E-state index contributed by atoms with van der Waals surface area (Å²) in [6, 6.07) is 2.53. The van der Waals surface area contributed by atoms with Crippen molar-refractivity contribution in [2.24, 2.45) is 0 Å². The van der Waals surface area contributed by atoms with Gasteiger partial charge in [-0.15, -0.1) is 0 Å². The normalized spacial score (nSPS) is 10.5. The van der Waals surface area contributed by atoms with E-state index >= 15 is 0 Å². The van der Waals surface area contributed by atoms with E-state index in [9.17, 15) is 9.59 Å². The Morgan fingerprint density at radius 2 is 2.15 bits per heavy atom. The van der Waals surface area contributed by atoms with Crippen molar-refractivity contribution >= 4 is 11.0 Å². The fourth-order valence-corrected chi connectivity index (χ4v) is 1.05. The average molecular weight is 179 g/mol. The third kappa shape index (κ3) is 1.10. The number of aromatic nitrogens is 1. The van der Waals surface area contributed by atoms with Gasteiger partial charge in [0.25, 0.3) is 5.56 Å². The van der Waals surface area contributed by atoms with Crippen LogP contribution >= 0.6 is 0 Å². The van der Waals surface area contributed by atoms with E-state index in [0.717, 1.165) is 6.07 Å². The summed E-state index contributed by atoms with van der Waals surface area (Å²) in [6.45, 7) is 0. The summed E-state index contributed by atoms with van der Waals surface area (Å²) in [7, 11) is 0. The van der Waals surface area contributed by atoms with Crippen molar-refractivity contribution < 1.29 is 9.52 Å². The van der Waals surface area contributed by atoms with Crippen LogP contribution in [-0.2, 0) is 0 Å². The van der Waals surface area contributed by atoms with Gasteiger partial charge in [-0.05, 0) is 6.07 Å². The average Bonchev–Trinajstić information content (AvgIpc) is 2.09. The number of pyridine rings is 1. The van der Waals surface area contributed by atoms with E-state index in [4.69, 9.17) is 5.11 Å². The molecule has 2 aromatic heterocycles. The molecular formula is C8H5NO4. The second-order valence-electron chi connectivity index (χ2n) is 2.50. The molecule has 0 saturated carbocycles. The molecule has 2 heterocycles. The second-order valence-corrected chi connectivity index (χ2v) is 2.50. The Morgan fingerprint density at radius 3 is 2.92 bits per heavy atom. The minimum absolute atomic E-state index is 0.152. The van der Waals surface area contributed by atoms with Gasteiger partial charge in [0, 0.05) is 12.3 Å². The molecule has 2 rings (SSSR count). The summed E-state index contributed by atoms with van der Waals surface area (Å²) in [5.41, 5.74) is -1.10. The largest absolute Gasteiger partial charge is 0.502 e. The second kappa shape index (κ2) is 2.48. The lowest BCUT2D eigenvalue weighted by molar-refractivity contribution is 0.428. The number of fused-ring (bicyclic) bond motifs is 1. The van der Waals surface area contributed by atoms with Gasteiger partial charge in [0.05, 0.1) is 5.39 Å². The van der Waals surface area contributed by atoms with Crippen LogP contribution in [0.15, 0.2) is 32.3 Å². The minimum Gasteiger partial charge on any atom is -0.502 e. The van der Waals surface area contributed by atoms with Crippen LogP contribution in [0.25, 0.3) is 11.0 Å². The molecule has 0 spiro atoms. The van der Waals surface area contributed by atoms with Gasteiger partial charge in [-0.1, -0.05) is 0 Å². The highest BCUT2D eigenvalue weighted by Gasteiger charge is 2.04. The lowest BCUT2D eigenvalue weighted by Gasteiger charge is -1.94. The molecule has 0 radical (unpaired) electrons. The van der Waals surface area contributed by atoms with Crippen LogP contribution in [0.4, 0.5) is 0 Å². The first kappa shape index (κ1) is 7.60. The standard InChI is InChI=1S/C8H5NO4/c10-5-3-4-6(13-8(5)12)1-2-9-7(4)11/h1-3,10H,(H,9,11). The predicted molar refractivity (Wildman–Crippen MR) is 44.8 cm³/mol. The fourth-order valence-electron chi connectivity index (χ4n) is 1.05. The topological polar surface area (TPSA) is 83.3 Å². The van der Waals surface area contributed by atoms with Crippen LogP contribution in [0, 0.1) is 0 Å². The Bertz CT molecular complexity index is 566. The van der Waals surface area contributed by atoms with E-state index in [-0.39, 0.29) is 11.0 Å². The van der Waals surface area contributed by atoms with Gasteiger partial charge in [0.1, 0.15) is 5.58 Å². The van der Waals surface area contributed by atoms with E-state index in [1.165, 1.54) is 12.3 Å². The third-order valence-electron chi connectivity index (χ3n) is 1.65. The summed E-state index contributed by atoms with van der Waals surface area (Å²) in [5.74, 6) is -0.566. The summed E-state index contributed by atoms with van der Waals surface area (Å²) in [5, 5.41) is 9.14. The van der Waals surface area contributed by atoms with Gasteiger partial charge < -0.3 is 14.5 Å². The van der Waals surface area contributed by atoms with Gasteiger partial charge >= 0.3 is 5.63 Å². The zero-order valence-corrected chi connectivity index (χ0v) is 6.40. The van der Waals surface area contributed by atoms with Crippen LogP contribution < -0.4 is 11.2 Å². The number of hydrogen-bond acceptors (Lipinski definition) is 4. The summed E-state index contributed by atoms with van der Waals surface area (Å²) in [4.78, 5) is 24.3. The molecule has 0 bridgehead atoms. The van der Waals surface area contributed by atoms with Crippen LogP contribution in [0.3, 0.4) is 0 Å². The zero-order valence-electron chi connectivity index (χ0n) is 6.40. The molecule has 0 aromatic carbocycles. The van der Waals surface area contributed by atoms with Gasteiger partial charge in [-0.25, -0.2) is 4.79 Å². The van der Waals surface area contributed by atoms with Gasteiger partial charge in [0.2, 0.25) is 5.75 Å². The highest BCUT2D eigenvalue weighted by molar-refractivity contribution is 5.75. The Hall–Kier alpha value is -2.04. The lowest BCUT2D eigenvalue weighted by Crippen LogP contribution is -2.07. The molecule has 0 aliphatic rings. The maximum absolute atomic E-state index is 11.1. The monoisotopic (exact) mass is 179 g/mol. The summed E-state index contributed by atoms with van der Waals surface area (Å²) >= 11 is 0. The number of hydrogen-bond donors (Lipinski definition) is 2. The molecule has 5 heteroatoms. The van der Waals surface area contributed by atoms with Crippen molar-refractivity contribution in [3.8, 4) is 5.75 Å². The Morgan fingerprint density at radius 1 is 1.38 bits per heavy atom. The minimum atomic E-state index is -0.849. The summed E-state index contributed by atoms with van der Waals surface area (Å²) < 4.78 is 4.65. The van der Waals surface area contributed by atoms with E-state index in [1.54, 1.807) is 0 Å². The molecule has 0 atom stereocenters. The van der Waals surface area contributed by atoms with Crippen LogP contribution in [0.5, 0.6) is 5.75 Å². The molecule has 0 fully saturated rings. The van der Waals surface area contributed by atoms with Crippen LogP contribution in [0.1, 0.15) is 0 Å². The predicted octanol–water partition coefficient (Wildman–Crippen LogP) is 0.187. The van der Waals surface area contributed by atoms with E-state index < -0.39 is 16.9 Å². The smallest absolute Gasteiger partial charge is 0.378 e. The van der Waals surface area contributed by atoms with E-state index in [1.807, 2.05) is 0 Å². The first-order chi connectivity index (χ1) is 6.18. The first-order valence-corrected chi connectivity index (χ1v) is 3.53. The fraction of sp³-hybridized carbons (Fsp3) is 0. The number of nitrogens with one attached hydrogen (secondary N) is 1. The van der Waals surface area contributed by atoms with Crippen LogP contribution in [-0.4, -0.2) is 10.1 Å². The molecule has 5 nitrogen and oxygen atoms in total. The zero-order chi connectivity index (χ0) is 9.42. The number of H-pyrrole nitrogens is 1. The Kier molecular flexibility index (Phi) is 1.45. The number of aromatic hydroxyl groups is 1. The van der Waals surface area contributed by atoms with Crippen molar-refractivity contribution in [3.63, 3.8) is 0 Å². The highest BCUT2D eigenvalue weighted by Crippen LogP contribution is 2.10. The number of rotatable bonds is 0. The van der Waals surface area contributed by atoms with Gasteiger partial charge in [-0.2, -0.15) is 0 Å². The van der Waals surface area contributed by atoms with Crippen molar-refractivity contribution in [2.45, 2.75) is 0 Å². The molecule has 0 unspecified atom stereocenters. The molecular weight excluding hydrogens is 174 g/mol. The lowest BCUT2D eigenvalue weighted by atomic mass is 10.3. The quantitative estimate of drug-likeness (QED) is 0.604. The number of aromatic amines is 1. The molecule has 0 saturated heterocycles. The maximum atomic E-state index is 11.1. The van der Waals surface area contributed by atoms with E-state index in [0.29, 0.717) is 0 Å². The third-order valence-corrected chi connectivity index (χ3v) is 1.65. The molecule has 0 amide bonds. The van der Waals surface area contributed by atoms with Gasteiger partial charge in [0.15, 0.2) is 0 Å². The molecule has 13 heavy (non-hydrogen) atoms. The molecule has 0 aliphatic heterocycles. The molecule has 2 aromatic rings. The van der Waals surface area contributed by atoms with Crippen molar-refractivity contribution in [1.82, 2.24) is 4.98 Å². The Labute approximate surface area is 71.3 Å². The first-order valence-electron chi connectivity index (χ1n) is 3.53. The van der Waals surface area contributed by atoms with Gasteiger partial charge in [-0.3, -0.25) is 4.79 Å². The maximum Gasteiger partial charge on any atom is 0.378 e. The Balaban J connectivity index is 3.06. The molecule has 66 valence electrons. The van der Waals surface area contributed by atoms with E-state index in [2.05, 4.69) is 9.40 Å². The van der Waals surface area contributed by atoms with Crippen molar-refractivity contribution in [1.29, 1.82) is 0 Å². The molecule has 2 N–H and O–H groups in total. The summed E-state index contributed by atoms with van der Waals surface area (Å²) in [6.07, 6.45) is 1.37. The SMILES string of the molecule is O=c1oc2cc[nH]c(=O)c2cc1O. The van der Waals surface area contributed by atoms with Crippen molar-refractivity contribution in [2.75, 3.05) is 0 Å².